The Morgan fingerprint density at radius 3 is 2.33 bits per heavy atom. The van der Waals surface area contributed by atoms with Crippen LogP contribution in [0.3, 0.4) is 0 Å². The van der Waals surface area contributed by atoms with Crippen molar-refractivity contribution in [2.75, 3.05) is 44.8 Å². The molecule has 0 bridgehead atoms. The predicted octanol–water partition coefficient (Wildman–Crippen LogP) is 6.87. The van der Waals surface area contributed by atoms with Crippen LogP contribution in [0.15, 0.2) is 66.0 Å². The molecule has 0 aliphatic carbocycles. The molecule has 0 saturated heterocycles. The van der Waals surface area contributed by atoms with Crippen molar-refractivity contribution in [1.29, 1.82) is 0 Å². The summed E-state index contributed by atoms with van der Waals surface area (Å²) in [6.45, 7) is 0. The van der Waals surface area contributed by atoms with E-state index in [4.69, 9.17) is 29.7 Å². The number of hydrogen-bond acceptors (Lipinski definition) is 11. The van der Waals surface area contributed by atoms with E-state index in [0.29, 0.717) is 52.4 Å². The quantitative estimate of drug-likeness (QED) is 0.137. The Hall–Kier alpha value is -4.81. The molecule has 2 heterocycles. The molecule has 43 heavy (non-hydrogen) atoms. The number of carbonyl (C=O) groups is 1. The second kappa shape index (κ2) is 13.4. The molecular formula is C31H31N5O5S2. The summed E-state index contributed by atoms with van der Waals surface area (Å²) in [5.41, 5.74) is 10.4. The maximum atomic E-state index is 12.7. The SMILES string of the molecule is COc1ccccc1CCC(=O)Nc1cccc(-c2csc(-c3sc(Nc4cc(OC)c(OC)c(OC)c4)nc3N)n2)c1. The lowest BCUT2D eigenvalue weighted by molar-refractivity contribution is -0.116. The van der Waals surface area contributed by atoms with Gasteiger partial charge in [-0.3, -0.25) is 4.79 Å². The number of nitrogens with two attached hydrogens (primary N) is 1. The standard InChI is InChI=1S/C31H31N5O5S2/c1-38-23-11-6-5-8-18(23)12-13-26(37)33-20-10-7-9-19(14-20)22-17-42-30(35-22)28-29(32)36-31(43-28)34-21-15-24(39-2)27(41-4)25(16-21)40-3/h5-11,14-17H,12-13,32H2,1-4H3,(H,33,37)(H,34,36). The first-order valence-corrected chi connectivity index (χ1v) is 14.9. The third kappa shape index (κ3) is 6.82. The number of nitrogens with one attached hydrogen (secondary N) is 2. The van der Waals surface area contributed by atoms with Gasteiger partial charge < -0.3 is 35.3 Å². The summed E-state index contributed by atoms with van der Waals surface area (Å²) in [4.78, 5) is 22.8. The van der Waals surface area contributed by atoms with E-state index in [-0.39, 0.29) is 5.91 Å². The molecule has 0 radical (unpaired) electrons. The van der Waals surface area contributed by atoms with E-state index in [2.05, 4.69) is 15.6 Å². The van der Waals surface area contributed by atoms with Gasteiger partial charge in [-0.15, -0.1) is 11.3 Å². The largest absolute Gasteiger partial charge is 0.496 e. The van der Waals surface area contributed by atoms with Crippen molar-refractivity contribution < 1.29 is 23.7 Å². The lowest BCUT2D eigenvalue weighted by atomic mass is 10.1. The summed E-state index contributed by atoms with van der Waals surface area (Å²) in [6, 6.07) is 18.9. The highest BCUT2D eigenvalue weighted by Gasteiger charge is 2.18. The molecule has 5 aromatic rings. The monoisotopic (exact) mass is 617 g/mol. The molecule has 0 saturated carbocycles. The van der Waals surface area contributed by atoms with Crippen molar-refractivity contribution in [2.45, 2.75) is 12.8 Å². The Morgan fingerprint density at radius 1 is 0.860 bits per heavy atom. The number of carbonyl (C=O) groups excluding carboxylic acids is 1. The zero-order chi connectivity index (χ0) is 30.3. The number of amides is 1. The number of nitrogen functional groups attached to an aromatic ring is 1. The number of aryl methyl sites for hydroxylation is 1. The molecule has 0 aliphatic rings. The molecular weight excluding hydrogens is 587 g/mol. The molecule has 0 atom stereocenters. The lowest BCUT2D eigenvalue weighted by Crippen LogP contribution is -2.12. The van der Waals surface area contributed by atoms with E-state index in [0.717, 1.165) is 32.5 Å². The Balaban J connectivity index is 1.28. The van der Waals surface area contributed by atoms with Crippen molar-refractivity contribution in [2.24, 2.45) is 0 Å². The van der Waals surface area contributed by atoms with E-state index >= 15 is 0 Å². The molecule has 5 rings (SSSR count). The van der Waals surface area contributed by atoms with Crippen LogP contribution in [-0.4, -0.2) is 44.3 Å². The molecule has 0 unspecified atom stereocenters. The van der Waals surface area contributed by atoms with Crippen molar-refractivity contribution in [3.05, 3.63) is 71.6 Å². The van der Waals surface area contributed by atoms with Crippen LogP contribution in [0.4, 0.5) is 22.3 Å². The van der Waals surface area contributed by atoms with Gasteiger partial charge in [-0.05, 0) is 30.2 Å². The first-order chi connectivity index (χ1) is 20.9. The van der Waals surface area contributed by atoms with Crippen LogP contribution in [0.25, 0.3) is 21.1 Å². The summed E-state index contributed by atoms with van der Waals surface area (Å²) in [6.07, 6.45) is 0.917. The fourth-order valence-electron chi connectivity index (χ4n) is 4.46. The minimum atomic E-state index is -0.0772. The lowest BCUT2D eigenvalue weighted by Gasteiger charge is -2.14. The van der Waals surface area contributed by atoms with Crippen LogP contribution in [0.5, 0.6) is 23.0 Å². The van der Waals surface area contributed by atoms with Crippen LogP contribution in [0.1, 0.15) is 12.0 Å². The molecule has 0 spiro atoms. The summed E-state index contributed by atoms with van der Waals surface area (Å²) >= 11 is 2.87. The van der Waals surface area contributed by atoms with Gasteiger partial charge >= 0.3 is 0 Å². The average Bonchev–Trinajstić information content (AvgIpc) is 3.66. The van der Waals surface area contributed by atoms with Crippen LogP contribution in [0, 0.1) is 0 Å². The first kappa shape index (κ1) is 29.7. The minimum absolute atomic E-state index is 0.0772. The van der Waals surface area contributed by atoms with Gasteiger partial charge in [0.15, 0.2) is 16.6 Å². The number of thiazole rings is 2. The van der Waals surface area contributed by atoms with E-state index in [1.807, 2.05) is 53.9 Å². The number of para-hydroxylation sites is 1. The van der Waals surface area contributed by atoms with Gasteiger partial charge in [-0.1, -0.05) is 41.7 Å². The van der Waals surface area contributed by atoms with Gasteiger partial charge in [0.2, 0.25) is 11.7 Å². The van der Waals surface area contributed by atoms with Gasteiger partial charge in [-0.25, -0.2) is 9.97 Å². The second-order valence-electron chi connectivity index (χ2n) is 9.25. The molecule has 0 aliphatic heterocycles. The highest BCUT2D eigenvalue weighted by Crippen LogP contribution is 2.43. The van der Waals surface area contributed by atoms with E-state index in [9.17, 15) is 4.79 Å². The molecule has 12 heteroatoms. The van der Waals surface area contributed by atoms with E-state index < -0.39 is 0 Å². The molecule has 10 nitrogen and oxygen atoms in total. The van der Waals surface area contributed by atoms with E-state index in [1.54, 1.807) is 40.6 Å². The number of aromatic nitrogens is 2. The molecule has 1 amide bonds. The molecule has 222 valence electrons. The Labute approximate surface area is 257 Å². The summed E-state index contributed by atoms with van der Waals surface area (Å²) in [5.74, 6) is 2.62. The van der Waals surface area contributed by atoms with Gasteiger partial charge in [0.05, 0.1) is 34.1 Å². The van der Waals surface area contributed by atoms with Crippen LogP contribution in [-0.2, 0) is 11.2 Å². The Kier molecular flexibility index (Phi) is 9.28. The first-order valence-electron chi connectivity index (χ1n) is 13.2. The zero-order valence-electron chi connectivity index (χ0n) is 24.1. The maximum Gasteiger partial charge on any atom is 0.224 e. The Bertz CT molecular complexity index is 1710. The highest BCUT2D eigenvalue weighted by atomic mass is 32.1. The number of benzene rings is 3. The minimum Gasteiger partial charge on any atom is -0.496 e. The van der Waals surface area contributed by atoms with Gasteiger partial charge in [0, 0.05) is 40.9 Å². The number of nitrogens with zero attached hydrogens (tertiary/aromatic N) is 2. The van der Waals surface area contributed by atoms with Crippen molar-refractivity contribution >= 4 is 50.9 Å². The third-order valence-electron chi connectivity index (χ3n) is 6.52. The second-order valence-corrected chi connectivity index (χ2v) is 11.1. The average molecular weight is 618 g/mol. The summed E-state index contributed by atoms with van der Waals surface area (Å²) in [5, 5.41) is 9.56. The fraction of sp³-hybridized carbons (Fsp3) is 0.194. The van der Waals surface area contributed by atoms with Crippen LogP contribution >= 0.6 is 22.7 Å². The predicted molar refractivity (Wildman–Crippen MR) is 172 cm³/mol. The number of methoxy groups -OCH3 is 4. The summed E-state index contributed by atoms with van der Waals surface area (Å²) < 4.78 is 21.7. The smallest absolute Gasteiger partial charge is 0.224 e. The molecule has 0 fully saturated rings. The Morgan fingerprint density at radius 2 is 1.60 bits per heavy atom. The van der Waals surface area contributed by atoms with Crippen molar-refractivity contribution in [3.63, 3.8) is 0 Å². The molecule has 4 N–H and O–H groups in total. The van der Waals surface area contributed by atoms with Crippen molar-refractivity contribution in [3.8, 4) is 44.1 Å². The van der Waals surface area contributed by atoms with Gasteiger partial charge in [0.25, 0.3) is 0 Å². The van der Waals surface area contributed by atoms with Crippen LogP contribution in [0.2, 0.25) is 0 Å². The normalized spacial score (nSPS) is 10.7. The highest BCUT2D eigenvalue weighted by molar-refractivity contribution is 7.23. The molecule has 2 aromatic heterocycles. The fourth-order valence-corrected chi connectivity index (χ4v) is 6.30. The summed E-state index contributed by atoms with van der Waals surface area (Å²) in [7, 11) is 6.31. The number of hydrogen-bond donors (Lipinski definition) is 3. The topological polar surface area (TPSA) is 130 Å². The maximum absolute atomic E-state index is 12.7. The van der Waals surface area contributed by atoms with Gasteiger partial charge in [-0.2, -0.15) is 0 Å². The third-order valence-corrected chi connectivity index (χ3v) is 8.51. The van der Waals surface area contributed by atoms with E-state index in [1.165, 1.54) is 22.7 Å². The van der Waals surface area contributed by atoms with Crippen molar-refractivity contribution in [1.82, 2.24) is 9.97 Å². The molecule has 3 aromatic carbocycles. The number of rotatable bonds is 12. The van der Waals surface area contributed by atoms with Gasteiger partial charge in [0.1, 0.15) is 21.5 Å². The number of ether oxygens (including phenoxy) is 4. The van der Waals surface area contributed by atoms with Crippen LogP contribution < -0.4 is 35.3 Å². The zero-order valence-corrected chi connectivity index (χ0v) is 25.7. The number of anilines is 4.